The fourth-order valence-corrected chi connectivity index (χ4v) is 10.2. The number of carboxylic acids is 1. The highest BCUT2D eigenvalue weighted by Gasteiger charge is 2.33. The number of hydrogen-bond acceptors (Lipinski definition) is 5. The Labute approximate surface area is 324 Å². The van der Waals surface area contributed by atoms with Crippen molar-refractivity contribution in [3.63, 3.8) is 0 Å². The van der Waals surface area contributed by atoms with Gasteiger partial charge in [0, 0.05) is 91.9 Å². The van der Waals surface area contributed by atoms with Gasteiger partial charge in [0.2, 0.25) is 5.91 Å². The molecule has 2 unspecified atom stereocenters. The standard InChI is InChI=1S/C26H35N3O3.C19H23NO3/c1-3-29(16-25(30)27-20-6-7-20)26(31)19-5-9-24-22(15-19)21-14-18(4-8-23(21)28(24)2)17-10-12-32-13-11-17;1-20-17-4-2-13(12-6-8-23-9-7-12)10-15(17)16-11-14(19(21)22)3-5-18(16)20/h5,9,15,17-18,20H,3-4,6-8,10-14,16H2,1-2H3,(H,27,30);3,5,11-13H,2,4,6-10H2,1H3,(H,21,22). The molecular weight excluding hydrogens is 693 g/mol. The molecule has 2 N–H and O–H groups in total. The summed E-state index contributed by atoms with van der Waals surface area (Å²) >= 11 is 0. The van der Waals surface area contributed by atoms with E-state index in [1.165, 1.54) is 71.9 Å². The maximum atomic E-state index is 13.3. The Balaban J connectivity index is 0.000000164. The molecule has 2 aliphatic heterocycles. The van der Waals surface area contributed by atoms with Crippen LogP contribution in [0.15, 0.2) is 36.4 Å². The molecule has 0 radical (unpaired) electrons. The first-order valence-electron chi connectivity index (χ1n) is 20.9. The molecular formula is C45H58N4O6. The first-order chi connectivity index (χ1) is 26.7. The number of hydrogen-bond donors (Lipinski definition) is 2. The van der Waals surface area contributed by atoms with Crippen molar-refractivity contribution in [2.45, 2.75) is 90.0 Å². The minimum Gasteiger partial charge on any atom is -0.478 e. The Morgan fingerprint density at radius 3 is 1.67 bits per heavy atom. The summed E-state index contributed by atoms with van der Waals surface area (Å²) in [4.78, 5) is 38.5. The normalized spacial score (nSPS) is 21.7. The highest BCUT2D eigenvalue weighted by Crippen LogP contribution is 2.41. The molecule has 10 nitrogen and oxygen atoms in total. The summed E-state index contributed by atoms with van der Waals surface area (Å²) in [5.41, 5.74) is 9.05. The van der Waals surface area contributed by atoms with Gasteiger partial charge in [0.05, 0.1) is 12.1 Å². The van der Waals surface area contributed by atoms with Crippen molar-refractivity contribution in [2.75, 3.05) is 39.5 Å². The number of likely N-dealkylation sites (N-methyl/N-ethyl adjacent to an activating group) is 1. The quantitative estimate of drug-likeness (QED) is 0.204. The van der Waals surface area contributed by atoms with Crippen molar-refractivity contribution in [2.24, 2.45) is 37.8 Å². The van der Waals surface area contributed by atoms with E-state index in [2.05, 4.69) is 40.7 Å². The molecule has 55 heavy (non-hydrogen) atoms. The van der Waals surface area contributed by atoms with Crippen molar-refractivity contribution in [3.05, 3.63) is 70.0 Å². The SMILES string of the molecule is CCN(CC(=O)NC1CC1)C(=O)c1ccc2c(c1)c1c(n2C)CCC(C2CCOCC2)C1.Cn1c2c(c3cc(C(=O)O)ccc31)CC(C1CCOCC1)CC2. The van der Waals surface area contributed by atoms with Crippen LogP contribution in [0.2, 0.25) is 0 Å². The lowest BCUT2D eigenvalue weighted by Crippen LogP contribution is -2.41. The zero-order chi connectivity index (χ0) is 38.2. The number of aromatic carboxylic acids is 1. The Morgan fingerprint density at radius 1 is 0.709 bits per heavy atom. The Bertz CT molecular complexity index is 2060. The van der Waals surface area contributed by atoms with E-state index < -0.39 is 5.97 Å². The fourth-order valence-electron chi connectivity index (χ4n) is 10.2. The molecule has 294 valence electrons. The average Bonchev–Trinajstić information content (AvgIpc) is 3.95. The summed E-state index contributed by atoms with van der Waals surface area (Å²) < 4.78 is 15.7. The molecule has 2 saturated heterocycles. The molecule has 2 aromatic carbocycles. The Kier molecular flexibility index (Phi) is 11.1. The van der Waals surface area contributed by atoms with Crippen molar-refractivity contribution in [1.82, 2.24) is 19.4 Å². The minimum absolute atomic E-state index is 0.0554. The van der Waals surface area contributed by atoms with Crippen LogP contribution in [0.3, 0.4) is 0 Å². The van der Waals surface area contributed by atoms with Crippen LogP contribution >= 0.6 is 0 Å². The minimum atomic E-state index is -0.846. The van der Waals surface area contributed by atoms with Crippen LogP contribution in [-0.4, -0.2) is 82.5 Å². The summed E-state index contributed by atoms with van der Waals surface area (Å²) in [5.74, 6) is 1.96. The third-order valence-electron chi connectivity index (χ3n) is 13.6. The van der Waals surface area contributed by atoms with E-state index in [1.807, 2.05) is 25.1 Å². The van der Waals surface area contributed by atoms with Gasteiger partial charge in [-0.2, -0.15) is 0 Å². The highest BCUT2D eigenvalue weighted by molar-refractivity contribution is 6.01. The topological polar surface area (TPSA) is 115 Å². The van der Waals surface area contributed by atoms with E-state index in [1.54, 1.807) is 11.0 Å². The van der Waals surface area contributed by atoms with Crippen LogP contribution < -0.4 is 5.32 Å². The third kappa shape index (κ3) is 7.82. The molecule has 0 spiro atoms. The number of carboxylic acid groups (broad SMARTS) is 1. The summed E-state index contributed by atoms with van der Waals surface area (Å²) in [7, 11) is 4.26. The van der Waals surface area contributed by atoms with Gasteiger partial charge in [-0.15, -0.1) is 0 Å². The number of carbonyl (C=O) groups excluding carboxylic acids is 2. The Morgan fingerprint density at radius 2 is 1.20 bits per heavy atom. The van der Waals surface area contributed by atoms with Crippen LogP contribution in [0, 0.1) is 23.7 Å². The maximum Gasteiger partial charge on any atom is 0.335 e. The van der Waals surface area contributed by atoms with Gasteiger partial charge in [0.25, 0.3) is 5.91 Å². The second kappa shape index (κ2) is 16.1. The second-order valence-electron chi connectivity index (χ2n) is 16.8. The largest absolute Gasteiger partial charge is 0.478 e. The van der Waals surface area contributed by atoms with Crippen LogP contribution in [0.1, 0.15) is 102 Å². The number of rotatable bonds is 8. The molecule has 4 aromatic rings. The summed E-state index contributed by atoms with van der Waals surface area (Å²) in [6, 6.07) is 11.9. The number of nitrogens with one attached hydrogen (secondary N) is 1. The first-order valence-corrected chi connectivity index (χ1v) is 20.9. The zero-order valence-electron chi connectivity index (χ0n) is 32.9. The van der Waals surface area contributed by atoms with E-state index in [-0.39, 0.29) is 18.4 Å². The fraction of sp³-hybridized carbons (Fsp3) is 0.578. The number of aromatic nitrogens is 2. The summed E-state index contributed by atoms with van der Waals surface area (Å²) in [6.07, 6.45) is 13.7. The molecule has 4 heterocycles. The smallest absolute Gasteiger partial charge is 0.335 e. The van der Waals surface area contributed by atoms with E-state index in [4.69, 9.17) is 9.47 Å². The number of aryl methyl sites for hydroxylation is 2. The van der Waals surface area contributed by atoms with E-state index >= 15 is 0 Å². The van der Waals surface area contributed by atoms with Gasteiger partial charge in [-0.25, -0.2) is 4.79 Å². The lowest BCUT2D eigenvalue weighted by atomic mass is 9.75. The first kappa shape index (κ1) is 37.8. The number of ether oxygens (including phenoxy) is 2. The molecule has 2 amide bonds. The van der Waals surface area contributed by atoms with Gasteiger partial charge in [-0.05, 0) is 155 Å². The van der Waals surface area contributed by atoms with Gasteiger partial charge < -0.3 is 33.9 Å². The van der Waals surface area contributed by atoms with Gasteiger partial charge in [0.1, 0.15) is 0 Å². The molecule has 3 fully saturated rings. The van der Waals surface area contributed by atoms with Gasteiger partial charge >= 0.3 is 5.97 Å². The van der Waals surface area contributed by atoms with Crippen molar-refractivity contribution < 1.29 is 29.0 Å². The highest BCUT2D eigenvalue weighted by atomic mass is 16.5. The predicted octanol–water partition coefficient (Wildman–Crippen LogP) is 6.86. The number of fused-ring (bicyclic) bond motifs is 6. The third-order valence-corrected chi connectivity index (χ3v) is 13.6. The molecule has 5 aliphatic rings. The molecule has 9 rings (SSSR count). The van der Waals surface area contributed by atoms with E-state index in [9.17, 15) is 19.5 Å². The van der Waals surface area contributed by atoms with E-state index in [0.29, 0.717) is 35.5 Å². The molecule has 3 aliphatic carbocycles. The predicted molar refractivity (Wildman–Crippen MR) is 214 cm³/mol. The molecule has 10 heteroatoms. The Hall–Kier alpha value is -4.15. The number of carbonyl (C=O) groups is 3. The number of amides is 2. The van der Waals surface area contributed by atoms with Crippen molar-refractivity contribution >= 4 is 39.6 Å². The van der Waals surface area contributed by atoms with Crippen LogP contribution in [-0.2, 0) is 54.0 Å². The summed E-state index contributed by atoms with van der Waals surface area (Å²) in [6.45, 7) is 6.16. The molecule has 2 aromatic heterocycles. The van der Waals surface area contributed by atoms with Gasteiger partial charge in [-0.3, -0.25) is 9.59 Å². The molecule has 1 saturated carbocycles. The summed E-state index contributed by atoms with van der Waals surface area (Å²) in [5, 5.41) is 14.6. The van der Waals surface area contributed by atoms with Crippen LogP contribution in [0.25, 0.3) is 21.8 Å². The van der Waals surface area contributed by atoms with Crippen LogP contribution in [0.4, 0.5) is 0 Å². The molecule has 2 atom stereocenters. The van der Waals surface area contributed by atoms with Crippen molar-refractivity contribution in [3.8, 4) is 0 Å². The average molecular weight is 751 g/mol. The van der Waals surface area contributed by atoms with Gasteiger partial charge in [-0.1, -0.05) is 0 Å². The number of nitrogens with zero attached hydrogens (tertiary/aromatic N) is 3. The maximum absolute atomic E-state index is 13.3. The van der Waals surface area contributed by atoms with Crippen molar-refractivity contribution in [1.29, 1.82) is 0 Å². The van der Waals surface area contributed by atoms with Gasteiger partial charge in [0.15, 0.2) is 0 Å². The molecule has 0 bridgehead atoms. The number of benzene rings is 2. The second-order valence-corrected chi connectivity index (χ2v) is 16.8. The lowest BCUT2D eigenvalue weighted by molar-refractivity contribution is -0.121. The van der Waals surface area contributed by atoms with E-state index in [0.717, 1.165) is 87.7 Å². The lowest BCUT2D eigenvalue weighted by Gasteiger charge is -2.33. The monoisotopic (exact) mass is 750 g/mol. The van der Waals surface area contributed by atoms with Crippen LogP contribution in [0.5, 0.6) is 0 Å². The zero-order valence-corrected chi connectivity index (χ0v) is 32.9.